The highest BCUT2D eigenvalue weighted by molar-refractivity contribution is 5.21. The number of rotatable bonds is 2. The van der Waals surface area contributed by atoms with Crippen LogP contribution in [0.4, 0.5) is 8.78 Å². The van der Waals surface area contributed by atoms with Gasteiger partial charge in [0.15, 0.2) is 0 Å². The van der Waals surface area contributed by atoms with Crippen molar-refractivity contribution in [1.29, 1.82) is 0 Å². The van der Waals surface area contributed by atoms with Crippen LogP contribution in [0.15, 0.2) is 18.2 Å². The lowest BCUT2D eigenvalue weighted by Gasteiger charge is -2.09. The second-order valence-electron chi connectivity index (χ2n) is 2.68. The summed E-state index contributed by atoms with van der Waals surface area (Å²) in [7, 11) is 0. The highest BCUT2D eigenvalue weighted by Crippen LogP contribution is 2.18. The van der Waals surface area contributed by atoms with Gasteiger partial charge in [0.1, 0.15) is 11.6 Å². The van der Waals surface area contributed by atoms with E-state index in [1.807, 2.05) is 6.92 Å². The molecule has 0 radical (unpaired) electrons. The molecule has 0 aromatic heterocycles. The van der Waals surface area contributed by atoms with Gasteiger partial charge in [0.2, 0.25) is 0 Å². The number of benzene rings is 1. The van der Waals surface area contributed by atoms with Gasteiger partial charge in [-0.1, -0.05) is 6.92 Å². The van der Waals surface area contributed by atoms with E-state index in [-0.39, 0.29) is 5.56 Å². The highest BCUT2D eigenvalue weighted by Gasteiger charge is 2.09. The molecule has 0 heterocycles. The summed E-state index contributed by atoms with van der Waals surface area (Å²) in [6.07, 6.45) is 0.598. The van der Waals surface area contributed by atoms with Gasteiger partial charge in [-0.25, -0.2) is 8.78 Å². The van der Waals surface area contributed by atoms with Gasteiger partial charge >= 0.3 is 0 Å². The third kappa shape index (κ3) is 1.80. The molecule has 0 aliphatic heterocycles. The molecule has 0 saturated carbocycles. The summed E-state index contributed by atoms with van der Waals surface area (Å²) >= 11 is 0. The van der Waals surface area contributed by atoms with Crippen LogP contribution < -0.4 is 5.73 Å². The van der Waals surface area contributed by atoms with Crippen molar-refractivity contribution in [1.82, 2.24) is 0 Å². The fraction of sp³-hybridized carbons (Fsp3) is 0.333. The van der Waals surface area contributed by atoms with E-state index >= 15 is 0 Å². The monoisotopic (exact) mass is 171 g/mol. The first kappa shape index (κ1) is 9.13. The second-order valence-corrected chi connectivity index (χ2v) is 2.68. The van der Waals surface area contributed by atoms with E-state index in [0.29, 0.717) is 6.42 Å². The van der Waals surface area contributed by atoms with Crippen molar-refractivity contribution in [2.45, 2.75) is 19.4 Å². The van der Waals surface area contributed by atoms with Crippen LogP contribution >= 0.6 is 0 Å². The number of hydrogen-bond donors (Lipinski definition) is 1. The SMILES string of the molecule is CC[C@@H](N)c1cc(F)ccc1F. The van der Waals surface area contributed by atoms with Crippen LogP contribution in [0, 0.1) is 11.6 Å². The lowest BCUT2D eigenvalue weighted by molar-refractivity contribution is 0.557. The maximum absolute atomic E-state index is 13.0. The number of nitrogens with two attached hydrogens (primary N) is 1. The molecule has 0 bridgehead atoms. The molecule has 3 heteroatoms. The molecule has 1 aromatic rings. The molecule has 1 rings (SSSR count). The van der Waals surface area contributed by atoms with Gasteiger partial charge in [-0.2, -0.15) is 0 Å². The zero-order chi connectivity index (χ0) is 9.14. The summed E-state index contributed by atoms with van der Waals surface area (Å²) in [6.45, 7) is 1.83. The largest absolute Gasteiger partial charge is 0.324 e. The van der Waals surface area contributed by atoms with Crippen molar-refractivity contribution >= 4 is 0 Å². The molecule has 0 amide bonds. The summed E-state index contributed by atoms with van der Waals surface area (Å²) in [5.74, 6) is -0.888. The zero-order valence-corrected chi connectivity index (χ0v) is 6.85. The van der Waals surface area contributed by atoms with Gasteiger partial charge < -0.3 is 5.73 Å². The summed E-state index contributed by atoms with van der Waals surface area (Å²) in [5.41, 5.74) is 5.80. The Morgan fingerprint density at radius 1 is 1.42 bits per heavy atom. The summed E-state index contributed by atoms with van der Waals surface area (Å²) in [5, 5.41) is 0. The minimum atomic E-state index is -0.449. The average Bonchev–Trinajstić information content (AvgIpc) is 2.08. The van der Waals surface area contributed by atoms with Crippen molar-refractivity contribution in [2.24, 2.45) is 5.73 Å². The summed E-state index contributed by atoms with van der Waals surface area (Å²) < 4.78 is 25.6. The quantitative estimate of drug-likeness (QED) is 0.726. The molecule has 1 aromatic carbocycles. The molecule has 66 valence electrons. The van der Waals surface area contributed by atoms with Crippen molar-refractivity contribution in [3.8, 4) is 0 Å². The first-order valence-corrected chi connectivity index (χ1v) is 3.85. The van der Waals surface area contributed by atoms with Crippen molar-refractivity contribution in [3.63, 3.8) is 0 Å². The van der Waals surface area contributed by atoms with Crippen LogP contribution in [0.1, 0.15) is 24.9 Å². The van der Waals surface area contributed by atoms with Crippen molar-refractivity contribution in [2.75, 3.05) is 0 Å². The van der Waals surface area contributed by atoms with E-state index in [1.54, 1.807) is 0 Å². The normalized spacial score (nSPS) is 13.0. The van der Waals surface area contributed by atoms with Gasteiger partial charge in [-0.05, 0) is 24.6 Å². The van der Waals surface area contributed by atoms with Crippen molar-refractivity contribution in [3.05, 3.63) is 35.4 Å². The van der Waals surface area contributed by atoms with E-state index in [2.05, 4.69) is 0 Å². The molecule has 0 aliphatic carbocycles. The standard InChI is InChI=1S/C9H11F2N/c1-2-9(12)7-5-6(10)3-4-8(7)11/h3-5,9H,2,12H2,1H3/t9-/m1/s1. The lowest BCUT2D eigenvalue weighted by atomic mass is 10.1. The second kappa shape index (κ2) is 3.63. The van der Waals surface area contributed by atoms with Gasteiger partial charge in [0.05, 0.1) is 0 Å². The summed E-state index contributed by atoms with van der Waals surface area (Å²) in [6, 6.07) is 2.91. The van der Waals surface area contributed by atoms with E-state index < -0.39 is 17.7 Å². The summed E-state index contributed by atoms with van der Waals surface area (Å²) in [4.78, 5) is 0. The van der Waals surface area contributed by atoms with Gasteiger partial charge in [0, 0.05) is 11.6 Å². The molecule has 0 fully saturated rings. The molecule has 0 spiro atoms. The minimum Gasteiger partial charge on any atom is -0.324 e. The number of halogens is 2. The van der Waals surface area contributed by atoms with Gasteiger partial charge in [-0.15, -0.1) is 0 Å². The van der Waals surface area contributed by atoms with Crippen molar-refractivity contribution < 1.29 is 8.78 Å². The van der Waals surface area contributed by atoms with Crippen LogP contribution in [0.5, 0.6) is 0 Å². The Balaban J connectivity index is 3.04. The molecule has 2 N–H and O–H groups in total. The fourth-order valence-corrected chi connectivity index (χ4v) is 1.02. The number of hydrogen-bond acceptors (Lipinski definition) is 1. The molecular weight excluding hydrogens is 160 g/mol. The molecule has 1 atom stereocenters. The van der Waals surface area contributed by atoms with Crippen LogP contribution in [-0.2, 0) is 0 Å². The van der Waals surface area contributed by atoms with Crippen LogP contribution in [0.2, 0.25) is 0 Å². The van der Waals surface area contributed by atoms with Gasteiger partial charge in [0.25, 0.3) is 0 Å². The highest BCUT2D eigenvalue weighted by atomic mass is 19.1. The smallest absolute Gasteiger partial charge is 0.128 e. The van der Waals surface area contributed by atoms with Crippen LogP contribution in [-0.4, -0.2) is 0 Å². The van der Waals surface area contributed by atoms with Gasteiger partial charge in [-0.3, -0.25) is 0 Å². The molecule has 12 heavy (non-hydrogen) atoms. The Morgan fingerprint density at radius 3 is 2.67 bits per heavy atom. The molecule has 1 nitrogen and oxygen atoms in total. The van der Waals surface area contributed by atoms with Crippen LogP contribution in [0.3, 0.4) is 0 Å². The maximum Gasteiger partial charge on any atom is 0.128 e. The fourth-order valence-electron chi connectivity index (χ4n) is 1.02. The molecule has 0 unspecified atom stereocenters. The Bertz CT molecular complexity index is 273. The maximum atomic E-state index is 13.0. The van der Waals surface area contributed by atoms with E-state index in [4.69, 9.17) is 5.73 Å². The molecular formula is C9H11F2N. The zero-order valence-electron chi connectivity index (χ0n) is 6.85. The Morgan fingerprint density at radius 2 is 2.08 bits per heavy atom. The van der Waals surface area contributed by atoms with E-state index in [1.165, 1.54) is 0 Å². The Kier molecular flexibility index (Phi) is 2.76. The lowest BCUT2D eigenvalue weighted by Crippen LogP contribution is -2.10. The minimum absolute atomic E-state index is 0.248. The Labute approximate surface area is 70.2 Å². The predicted octanol–water partition coefficient (Wildman–Crippen LogP) is 2.37. The Hall–Kier alpha value is -0.960. The topological polar surface area (TPSA) is 26.0 Å². The third-order valence-electron chi connectivity index (χ3n) is 1.80. The molecule has 0 aliphatic rings. The van der Waals surface area contributed by atoms with E-state index in [0.717, 1.165) is 18.2 Å². The predicted molar refractivity (Wildman–Crippen MR) is 43.6 cm³/mol. The molecule has 0 saturated heterocycles. The van der Waals surface area contributed by atoms with Crippen LogP contribution in [0.25, 0.3) is 0 Å². The average molecular weight is 171 g/mol. The first-order chi connectivity index (χ1) is 5.65. The first-order valence-electron chi connectivity index (χ1n) is 3.85. The van der Waals surface area contributed by atoms with E-state index in [9.17, 15) is 8.78 Å². The third-order valence-corrected chi connectivity index (χ3v) is 1.80.